The van der Waals surface area contributed by atoms with Crippen molar-refractivity contribution in [3.63, 3.8) is 0 Å². The molecular formula is C13H13N3O2. The van der Waals surface area contributed by atoms with Crippen LogP contribution in [-0.4, -0.2) is 23.7 Å². The lowest BCUT2D eigenvalue weighted by molar-refractivity contribution is -0.117. The van der Waals surface area contributed by atoms with Crippen molar-refractivity contribution < 1.29 is 9.32 Å². The van der Waals surface area contributed by atoms with E-state index in [9.17, 15) is 4.79 Å². The van der Waals surface area contributed by atoms with Crippen molar-refractivity contribution in [1.82, 2.24) is 5.16 Å². The molecular weight excluding hydrogens is 230 g/mol. The molecule has 1 saturated heterocycles. The average molecular weight is 243 g/mol. The summed E-state index contributed by atoms with van der Waals surface area (Å²) >= 11 is 0. The van der Waals surface area contributed by atoms with Gasteiger partial charge >= 0.3 is 0 Å². The fourth-order valence-corrected chi connectivity index (χ4v) is 2.09. The first-order chi connectivity index (χ1) is 8.74. The van der Waals surface area contributed by atoms with Crippen molar-refractivity contribution in [2.75, 3.05) is 11.4 Å². The zero-order valence-corrected chi connectivity index (χ0v) is 9.74. The van der Waals surface area contributed by atoms with Gasteiger partial charge < -0.3 is 10.3 Å². The second-order valence-corrected chi connectivity index (χ2v) is 4.38. The molecule has 0 saturated carbocycles. The maximum absolute atomic E-state index is 11.7. The van der Waals surface area contributed by atoms with Crippen LogP contribution in [0, 0.1) is 0 Å². The van der Waals surface area contributed by atoms with Crippen molar-refractivity contribution in [3.8, 4) is 11.3 Å². The van der Waals surface area contributed by atoms with Gasteiger partial charge in [0.2, 0.25) is 11.8 Å². The average Bonchev–Trinajstić information content (AvgIpc) is 2.97. The van der Waals surface area contributed by atoms with Crippen LogP contribution < -0.4 is 10.6 Å². The van der Waals surface area contributed by atoms with Gasteiger partial charge in [-0.3, -0.25) is 9.69 Å². The second-order valence-electron chi connectivity index (χ2n) is 4.38. The summed E-state index contributed by atoms with van der Waals surface area (Å²) in [6.07, 6.45) is 0.362. The van der Waals surface area contributed by atoms with Crippen LogP contribution in [0.25, 0.3) is 11.3 Å². The number of rotatable bonds is 2. The summed E-state index contributed by atoms with van der Waals surface area (Å²) in [6.45, 7) is 0.488. The second kappa shape index (κ2) is 4.27. The first-order valence-corrected chi connectivity index (χ1v) is 5.82. The molecule has 5 heteroatoms. The molecule has 1 aliphatic heterocycles. The number of hydrogen-bond donors (Lipinski definition) is 1. The number of anilines is 1. The standard InChI is InChI=1S/C13H13N3O2/c14-10-6-12(17)16(8-10)13-7-11(15-18-13)9-4-2-1-3-5-9/h1-5,7,10H,6,8,14H2. The van der Waals surface area contributed by atoms with Gasteiger partial charge in [0, 0.05) is 30.6 Å². The Morgan fingerprint density at radius 1 is 1.33 bits per heavy atom. The summed E-state index contributed by atoms with van der Waals surface area (Å²) in [7, 11) is 0. The van der Waals surface area contributed by atoms with Crippen LogP contribution in [0.2, 0.25) is 0 Å². The highest BCUT2D eigenvalue weighted by Crippen LogP contribution is 2.26. The van der Waals surface area contributed by atoms with Gasteiger partial charge in [0.25, 0.3) is 0 Å². The number of aromatic nitrogens is 1. The van der Waals surface area contributed by atoms with E-state index in [-0.39, 0.29) is 11.9 Å². The van der Waals surface area contributed by atoms with Crippen molar-refractivity contribution >= 4 is 11.8 Å². The molecule has 1 amide bonds. The molecule has 0 bridgehead atoms. The number of carbonyl (C=O) groups is 1. The van der Waals surface area contributed by atoms with E-state index in [0.29, 0.717) is 18.8 Å². The van der Waals surface area contributed by atoms with Crippen LogP contribution in [0.4, 0.5) is 5.88 Å². The van der Waals surface area contributed by atoms with E-state index in [0.717, 1.165) is 11.3 Å². The summed E-state index contributed by atoms with van der Waals surface area (Å²) in [5.74, 6) is 0.449. The van der Waals surface area contributed by atoms with Crippen LogP contribution in [0.3, 0.4) is 0 Å². The summed E-state index contributed by atoms with van der Waals surface area (Å²) < 4.78 is 5.22. The number of nitrogens with two attached hydrogens (primary N) is 1. The van der Waals surface area contributed by atoms with E-state index in [1.807, 2.05) is 30.3 Å². The van der Waals surface area contributed by atoms with Crippen LogP contribution in [0.5, 0.6) is 0 Å². The van der Waals surface area contributed by atoms with Crippen LogP contribution in [0.1, 0.15) is 6.42 Å². The first-order valence-electron chi connectivity index (χ1n) is 5.82. The summed E-state index contributed by atoms with van der Waals surface area (Å²) in [6, 6.07) is 11.3. The molecule has 0 radical (unpaired) electrons. The van der Waals surface area contributed by atoms with Gasteiger partial charge in [-0.05, 0) is 0 Å². The number of carbonyl (C=O) groups excluding carboxylic acids is 1. The molecule has 1 aliphatic rings. The van der Waals surface area contributed by atoms with E-state index < -0.39 is 0 Å². The van der Waals surface area contributed by atoms with Crippen molar-refractivity contribution in [2.24, 2.45) is 5.73 Å². The maximum atomic E-state index is 11.7. The molecule has 1 aromatic heterocycles. The van der Waals surface area contributed by atoms with Crippen molar-refractivity contribution in [3.05, 3.63) is 36.4 Å². The molecule has 0 spiro atoms. The zero-order chi connectivity index (χ0) is 12.5. The molecule has 2 heterocycles. The zero-order valence-electron chi connectivity index (χ0n) is 9.74. The normalized spacial score (nSPS) is 19.5. The molecule has 2 N–H and O–H groups in total. The molecule has 18 heavy (non-hydrogen) atoms. The van der Waals surface area contributed by atoms with Gasteiger partial charge in [-0.1, -0.05) is 35.5 Å². The molecule has 3 rings (SSSR count). The predicted octanol–water partition coefficient (Wildman–Crippen LogP) is 1.41. The topological polar surface area (TPSA) is 72.4 Å². The Bertz CT molecular complexity index is 565. The SMILES string of the molecule is NC1CC(=O)N(c2cc(-c3ccccc3)no2)C1. The van der Waals surface area contributed by atoms with E-state index in [4.69, 9.17) is 10.3 Å². The molecule has 1 fully saturated rings. The largest absolute Gasteiger partial charge is 0.338 e. The summed E-state index contributed by atoms with van der Waals surface area (Å²) in [4.78, 5) is 13.2. The Morgan fingerprint density at radius 2 is 2.11 bits per heavy atom. The van der Waals surface area contributed by atoms with Crippen molar-refractivity contribution in [2.45, 2.75) is 12.5 Å². The minimum Gasteiger partial charge on any atom is -0.338 e. The fraction of sp³-hybridized carbons (Fsp3) is 0.231. The Hall–Kier alpha value is -2.14. The van der Waals surface area contributed by atoms with Crippen molar-refractivity contribution in [1.29, 1.82) is 0 Å². The van der Waals surface area contributed by atoms with Crippen LogP contribution in [0.15, 0.2) is 40.9 Å². The molecule has 0 aliphatic carbocycles. The molecule has 92 valence electrons. The Labute approximate surface area is 104 Å². The smallest absolute Gasteiger partial charge is 0.234 e. The van der Waals surface area contributed by atoms with Crippen LogP contribution >= 0.6 is 0 Å². The Balaban J connectivity index is 1.88. The van der Waals surface area contributed by atoms with Crippen LogP contribution in [-0.2, 0) is 4.79 Å². The molecule has 1 unspecified atom stereocenters. The number of hydrogen-bond acceptors (Lipinski definition) is 4. The highest BCUT2D eigenvalue weighted by Gasteiger charge is 2.30. The van der Waals surface area contributed by atoms with E-state index in [1.54, 1.807) is 11.0 Å². The third-order valence-electron chi connectivity index (χ3n) is 2.99. The Morgan fingerprint density at radius 3 is 2.78 bits per heavy atom. The van der Waals surface area contributed by atoms with E-state index in [1.165, 1.54) is 0 Å². The lowest BCUT2D eigenvalue weighted by Crippen LogP contribution is -2.27. The maximum Gasteiger partial charge on any atom is 0.234 e. The number of nitrogens with zero attached hydrogens (tertiary/aromatic N) is 2. The number of benzene rings is 1. The van der Waals surface area contributed by atoms with Gasteiger partial charge in [-0.2, -0.15) is 0 Å². The van der Waals surface area contributed by atoms with E-state index in [2.05, 4.69) is 5.16 Å². The quantitative estimate of drug-likeness (QED) is 0.865. The summed E-state index contributed by atoms with van der Waals surface area (Å²) in [5, 5.41) is 3.98. The highest BCUT2D eigenvalue weighted by molar-refractivity contribution is 5.95. The van der Waals surface area contributed by atoms with Gasteiger partial charge in [0.1, 0.15) is 5.69 Å². The minimum atomic E-state index is -0.122. The third-order valence-corrected chi connectivity index (χ3v) is 2.99. The highest BCUT2D eigenvalue weighted by atomic mass is 16.5. The first kappa shape index (κ1) is 11.0. The molecule has 1 atom stereocenters. The molecule has 5 nitrogen and oxygen atoms in total. The number of amides is 1. The Kier molecular flexibility index (Phi) is 2.60. The molecule has 2 aromatic rings. The van der Waals surface area contributed by atoms with Gasteiger partial charge in [-0.25, -0.2) is 0 Å². The lowest BCUT2D eigenvalue weighted by atomic mass is 10.1. The van der Waals surface area contributed by atoms with Gasteiger partial charge in [-0.15, -0.1) is 0 Å². The van der Waals surface area contributed by atoms with Gasteiger partial charge in [0.05, 0.1) is 0 Å². The summed E-state index contributed by atoms with van der Waals surface area (Å²) in [5.41, 5.74) is 7.43. The predicted molar refractivity (Wildman–Crippen MR) is 66.9 cm³/mol. The fourth-order valence-electron chi connectivity index (χ4n) is 2.09. The lowest BCUT2D eigenvalue weighted by Gasteiger charge is -2.09. The van der Waals surface area contributed by atoms with E-state index >= 15 is 0 Å². The monoisotopic (exact) mass is 243 g/mol. The third kappa shape index (κ3) is 1.89. The minimum absolute atomic E-state index is 0.0155. The van der Waals surface area contributed by atoms with Gasteiger partial charge in [0.15, 0.2) is 0 Å². The molecule has 1 aromatic carbocycles.